The molecule has 0 unspecified atom stereocenters. The molecule has 0 aliphatic rings. The van der Waals surface area contributed by atoms with Crippen LogP contribution in [0.15, 0.2) is 70.5 Å². The molecule has 0 fully saturated rings. The van der Waals surface area contributed by atoms with Gasteiger partial charge in [-0.3, -0.25) is 0 Å². The molecule has 4 aromatic rings. The van der Waals surface area contributed by atoms with Crippen LogP contribution in [0.1, 0.15) is 178 Å². The molecular weight excluding hydrogens is 777 g/mol. The van der Waals surface area contributed by atoms with Gasteiger partial charge in [-0.2, -0.15) is 0 Å². The minimum absolute atomic E-state index is 0. The molecule has 0 aliphatic heterocycles. The Bertz CT molecular complexity index is 1830. The second-order valence-electron chi connectivity index (χ2n) is 15.8. The summed E-state index contributed by atoms with van der Waals surface area (Å²) >= 11 is 0. The van der Waals surface area contributed by atoms with Crippen LogP contribution in [-0.2, 0) is 45.9 Å². The zero-order valence-electron chi connectivity index (χ0n) is 35.7. The Morgan fingerprint density at radius 1 is 0.386 bits per heavy atom. The average Bonchev–Trinajstić information content (AvgIpc) is 3.16. The zero-order valence-corrected chi connectivity index (χ0v) is 39.6. The molecule has 0 saturated carbocycles. The van der Waals surface area contributed by atoms with Gasteiger partial charge in [0.15, 0.2) is 0 Å². The number of unbranched alkanes of at least 4 members (excludes halogenated alkanes) is 16. The van der Waals surface area contributed by atoms with Crippen LogP contribution < -0.4 is 0 Å². The van der Waals surface area contributed by atoms with Crippen LogP contribution in [0, 0.1) is 0 Å². The molecule has 6 nitrogen and oxygen atoms in total. The van der Waals surface area contributed by atoms with Crippen molar-refractivity contribution >= 4 is 79.5 Å². The van der Waals surface area contributed by atoms with Gasteiger partial charge < -0.3 is 9.11 Å². The van der Waals surface area contributed by atoms with E-state index in [0.29, 0.717) is 10.8 Å². The first-order chi connectivity index (χ1) is 26.9. The molecule has 4 rings (SSSR count). The molecule has 0 amide bonds. The van der Waals surface area contributed by atoms with Crippen molar-refractivity contribution in [1.82, 2.24) is 0 Å². The van der Waals surface area contributed by atoms with Crippen LogP contribution in [0.2, 0.25) is 0 Å². The Kier molecular flexibility index (Phi) is 25.4. The van der Waals surface area contributed by atoms with Gasteiger partial charge in [-0.1, -0.05) is 167 Å². The molecule has 4 aromatic carbocycles. The van der Waals surface area contributed by atoms with Crippen LogP contribution in [0.25, 0.3) is 21.5 Å². The fourth-order valence-electron chi connectivity index (χ4n) is 7.82. The Hall–Kier alpha value is -1.52. The second kappa shape index (κ2) is 28.1. The molecule has 0 aromatic heterocycles. The van der Waals surface area contributed by atoms with E-state index < -0.39 is 20.2 Å². The smallest absolute Gasteiger partial charge is 0.744 e. The van der Waals surface area contributed by atoms with Gasteiger partial charge in [0.05, 0.1) is 9.79 Å². The zero-order chi connectivity index (χ0) is 40.8. The number of fused-ring (bicyclic) bond motifs is 2. The third-order valence-corrected chi connectivity index (χ3v) is 12.8. The van der Waals surface area contributed by atoms with Crippen molar-refractivity contribution in [1.29, 1.82) is 0 Å². The molecule has 0 atom stereocenters. The number of benzene rings is 4. The van der Waals surface area contributed by atoms with Gasteiger partial charge in [0.2, 0.25) is 0 Å². The predicted octanol–water partition coefficient (Wildman–Crippen LogP) is 13.2. The molecule has 0 spiro atoms. The molecule has 0 saturated heterocycles. The maximum absolute atomic E-state index is 11.7. The summed E-state index contributed by atoms with van der Waals surface area (Å²) in [7, 11) is -8.94. The van der Waals surface area contributed by atoms with Gasteiger partial charge in [0.1, 0.15) is 20.2 Å². The normalized spacial score (nSPS) is 11.8. The van der Waals surface area contributed by atoms with E-state index in [0.717, 1.165) is 62.1 Å². The summed E-state index contributed by atoms with van der Waals surface area (Å²) in [6.07, 6.45) is 28.4. The maximum Gasteiger partial charge on any atom is 2.00 e. The van der Waals surface area contributed by atoms with Gasteiger partial charge >= 0.3 is 37.7 Å². The summed E-state index contributed by atoms with van der Waals surface area (Å²) in [6, 6.07) is 18.2. The summed E-state index contributed by atoms with van der Waals surface area (Å²) in [4.78, 5) is -0.182. The van der Waals surface area contributed by atoms with Crippen molar-refractivity contribution in [3.63, 3.8) is 0 Å². The minimum Gasteiger partial charge on any atom is -0.744 e. The van der Waals surface area contributed by atoms with Crippen LogP contribution in [0.5, 0.6) is 0 Å². The van der Waals surface area contributed by atoms with Crippen molar-refractivity contribution in [2.45, 2.75) is 192 Å². The molecule has 9 heteroatoms. The quantitative estimate of drug-likeness (QED) is 0.0353. The predicted molar refractivity (Wildman–Crippen MR) is 239 cm³/mol. The van der Waals surface area contributed by atoms with Crippen molar-refractivity contribution in [3.8, 4) is 0 Å². The number of hydrogen-bond donors (Lipinski definition) is 0. The topological polar surface area (TPSA) is 114 Å². The number of rotatable bonds is 26. The van der Waals surface area contributed by atoms with E-state index in [9.17, 15) is 25.9 Å². The van der Waals surface area contributed by atoms with E-state index in [-0.39, 0.29) is 47.5 Å². The van der Waals surface area contributed by atoms with Crippen LogP contribution in [-0.4, -0.2) is 63.7 Å². The van der Waals surface area contributed by atoms with Gasteiger partial charge in [-0.15, -0.1) is 0 Å². The van der Waals surface area contributed by atoms with Gasteiger partial charge in [0.25, 0.3) is 0 Å². The Labute approximate surface area is 376 Å². The molecule has 0 radical (unpaired) electrons. The first-order valence-corrected chi connectivity index (χ1v) is 24.8. The van der Waals surface area contributed by atoms with E-state index >= 15 is 0 Å². The third-order valence-electron chi connectivity index (χ3n) is 11.1. The van der Waals surface area contributed by atoms with Crippen LogP contribution in [0.4, 0.5) is 0 Å². The van der Waals surface area contributed by atoms with E-state index in [4.69, 9.17) is 0 Å². The van der Waals surface area contributed by atoms with Gasteiger partial charge in [-0.25, -0.2) is 16.8 Å². The first-order valence-electron chi connectivity index (χ1n) is 21.9. The summed E-state index contributed by atoms with van der Waals surface area (Å²) < 4.78 is 70.2. The fourth-order valence-corrected chi connectivity index (χ4v) is 9.20. The largest absolute Gasteiger partial charge is 2.00 e. The second-order valence-corrected chi connectivity index (χ2v) is 18.5. The van der Waals surface area contributed by atoms with Crippen molar-refractivity contribution in [2.24, 2.45) is 0 Å². The summed E-state index contributed by atoms with van der Waals surface area (Å²) in [6.45, 7) is 8.87. The van der Waals surface area contributed by atoms with Gasteiger partial charge in [0, 0.05) is 0 Å². The molecular formula is C48H70CaO6S2. The molecule has 0 bridgehead atoms. The van der Waals surface area contributed by atoms with Crippen LogP contribution in [0.3, 0.4) is 0 Å². The Morgan fingerprint density at radius 3 is 0.912 bits per heavy atom. The molecule has 57 heavy (non-hydrogen) atoms. The summed E-state index contributed by atoms with van der Waals surface area (Å²) in [5, 5.41) is 2.87. The molecule has 0 N–H and O–H groups in total. The Balaban J connectivity index is 0.000000387. The first kappa shape index (κ1) is 51.6. The monoisotopic (exact) mass is 846 g/mol. The third kappa shape index (κ3) is 18.3. The van der Waals surface area contributed by atoms with E-state index in [1.807, 2.05) is 24.3 Å². The van der Waals surface area contributed by atoms with E-state index in [2.05, 4.69) is 39.8 Å². The molecule has 0 aliphatic carbocycles. The van der Waals surface area contributed by atoms with Crippen molar-refractivity contribution < 1.29 is 25.9 Å². The Morgan fingerprint density at radius 2 is 0.649 bits per heavy atom. The SMILES string of the molecule is CCCCCCCc1cc2cccc(S(=O)(=O)[O-])c2cc1CCCCCCC.CCCCCCCc1cc2cccc(S(=O)(=O)[O-])c2cc1CCCCCCC.[Ca+2]. The summed E-state index contributed by atoms with van der Waals surface area (Å²) in [5.74, 6) is 0. The number of aryl methyl sites for hydroxylation is 4. The molecule has 0 heterocycles. The van der Waals surface area contributed by atoms with Crippen molar-refractivity contribution in [2.75, 3.05) is 0 Å². The number of hydrogen-bond acceptors (Lipinski definition) is 6. The average molecular weight is 847 g/mol. The van der Waals surface area contributed by atoms with E-state index in [1.165, 1.54) is 137 Å². The van der Waals surface area contributed by atoms with E-state index in [1.54, 1.807) is 12.1 Å². The van der Waals surface area contributed by atoms with Gasteiger partial charge in [-0.05, 0) is 119 Å². The maximum atomic E-state index is 11.7. The fraction of sp³-hybridized carbons (Fsp3) is 0.583. The standard InChI is InChI=1S/2C24H36O3S.Ca/c2*1-3-5-7-9-11-14-20-18-22-16-13-17-24(28(25,26)27)23(22)19-21(20)15-12-10-8-6-4-2;/h2*13,16-19H,3-12,14-15H2,1-2H3,(H,25,26,27);/q;;+2/p-2. The van der Waals surface area contributed by atoms with Crippen LogP contribution >= 0.6 is 0 Å². The molecule has 312 valence electrons. The summed E-state index contributed by atoms with van der Waals surface area (Å²) in [5.41, 5.74) is 5.08. The van der Waals surface area contributed by atoms with Crippen molar-refractivity contribution in [3.05, 3.63) is 82.9 Å². The minimum atomic E-state index is -4.47.